The molecule has 0 spiro atoms. The first-order valence-electron chi connectivity index (χ1n) is 10.8. The van der Waals surface area contributed by atoms with Crippen molar-refractivity contribution < 1.29 is 19.1 Å². The quantitative estimate of drug-likeness (QED) is 0.684. The maximum atomic E-state index is 13.4. The summed E-state index contributed by atoms with van der Waals surface area (Å²) in [6.07, 6.45) is 0.526. The van der Waals surface area contributed by atoms with Gasteiger partial charge in [0.1, 0.15) is 11.4 Å². The minimum absolute atomic E-state index is 0.171. The molecule has 164 valence electrons. The molecule has 7 heteroatoms. The van der Waals surface area contributed by atoms with Gasteiger partial charge in [-0.15, -0.1) is 0 Å². The molecular weight excluding hydrogens is 409 g/mol. The lowest BCUT2D eigenvalue weighted by Gasteiger charge is -2.36. The summed E-state index contributed by atoms with van der Waals surface area (Å²) in [4.78, 5) is 29.9. The van der Waals surface area contributed by atoms with Crippen LogP contribution in [-0.2, 0) is 13.0 Å². The van der Waals surface area contributed by atoms with Crippen LogP contribution in [0, 0.1) is 5.82 Å². The average molecular weight is 433 g/mol. The summed E-state index contributed by atoms with van der Waals surface area (Å²) < 4.78 is 15.1. The molecule has 1 N–H and O–H groups in total. The molecule has 1 atom stereocenters. The Morgan fingerprint density at radius 1 is 1.00 bits per heavy atom. The number of carbonyl (C=O) groups is 2. The number of carbonyl (C=O) groups excluding carboxylic acids is 2. The van der Waals surface area contributed by atoms with E-state index in [0.717, 1.165) is 11.1 Å². The molecule has 2 amide bonds. The molecule has 3 heterocycles. The number of hydrogen-bond acceptors (Lipinski definition) is 3. The Morgan fingerprint density at radius 2 is 1.72 bits per heavy atom. The fraction of sp³-hybridized carbons (Fsp3) is 0.280. The third kappa shape index (κ3) is 3.16. The zero-order valence-electron chi connectivity index (χ0n) is 17.8. The lowest BCUT2D eigenvalue weighted by molar-refractivity contribution is 0.0683. The zero-order valence-corrected chi connectivity index (χ0v) is 17.8. The number of aromatic nitrogens is 1. The number of nitrogens with zero attached hydrogens (tertiary/aromatic N) is 3. The third-order valence-corrected chi connectivity index (χ3v) is 6.45. The summed E-state index contributed by atoms with van der Waals surface area (Å²) in [7, 11) is 0. The molecule has 0 bridgehead atoms. The van der Waals surface area contributed by atoms with Gasteiger partial charge in [0.25, 0.3) is 11.8 Å². The third-order valence-electron chi connectivity index (χ3n) is 6.45. The van der Waals surface area contributed by atoms with Crippen molar-refractivity contribution >= 4 is 11.8 Å². The highest BCUT2D eigenvalue weighted by Crippen LogP contribution is 2.41. The van der Waals surface area contributed by atoms with Gasteiger partial charge in [-0.25, -0.2) is 4.39 Å². The number of amides is 2. The van der Waals surface area contributed by atoms with Crippen LogP contribution in [0.15, 0.2) is 54.6 Å². The van der Waals surface area contributed by atoms with Gasteiger partial charge in [0.2, 0.25) is 0 Å². The molecule has 3 aromatic rings. The second-order valence-electron chi connectivity index (χ2n) is 8.26. The minimum atomic E-state index is -0.329. The highest BCUT2D eigenvalue weighted by Gasteiger charge is 2.42. The number of aromatic hydroxyl groups is 1. The summed E-state index contributed by atoms with van der Waals surface area (Å²) in [5.41, 5.74) is 2.94. The normalized spacial score (nSPS) is 18.0. The molecule has 1 aromatic heterocycles. The Bertz CT molecular complexity index is 1190. The second-order valence-corrected chi connectivity index (χ2v) is 8.26. The van der Waals surface area contributed by atoms with E-state index in [2.05, 4.69) is 0 Å². The van der Waals surface area contributed by atoms with Crippen molar-refractivity contribution in [3.8, 4) is 5.75 Å². The Kier molecular flexibility index (Phi) is 4.96. The standard InChI is InChI=1S/C25H24FN3O3/c1-2-27-15-20(17-6-4-3-5-7-17)29-19-12-13-28(14-16-8-10-18(26)11-9-16)24(31)21(19)23(30)22(29)25(27)32/h3-11,20,30H,2,12-15H2,1H3. The largest absolute Gasteiger partial charge is 0.505 e. The van der Waals surface area contributed by atoms with Crippen LogP contribution in [-0.4, -0.2) is 50.9 Å². The van der Waals surface area contributed by atoms with Crippen molar-refractivity contribution in [2.24, 2.45) is 0 Å². The highest BCUT2D eigenvalue weighted by atomic mass is 19.1. The smallest absolute Gasteiger partial charge is 0.274 e. The lowest BCUT2D eigenvalue weighted by atomic mass is 10.0. The van der Waals surface area contributed by atoms with Gasteiger partial charge in [-0.3, -0.25) is 9.59 Å². The first-order chi connectivity index (χ1) is 15.5. The lowest BCUT2D eigenvalue weighted by Crippen LogP contribution is -2.44. The van der Waals surface area contributed by atoms with Gasteiger partial charge in [-0.2, -0.15) is 0 Å². The van der Waals surface area contributed by atoms with Gasteiger partial charge in [0.15, 0.2) is 11.4 Å². The van der Waals surface area contributed by atoms with Gasteiger partial charge in [-0.1, -0.05) is 42.5 Å². The maximum Gasteiger partial charge on any atom is 0.274 e. The van der Waals surface area contributed by atoms with E-state index in [9.17, 15) is 19.1 Å². The van der Waals surface area contributed by atoms with Crippen molar-refractivity contribution in [3.63, 3.8) is 0 Å². The predicted molar refractivity (Wildman–Crippen MR) is 117 cm³/mol. The van der Waals surface area contributed by atoms with E-state index in [4.69, 9.17) is 0 Å². The van der Waals surface area contributed by atoms with E-state index in [1.165, 1.54) is 12.1 Å². The number of fused-ring (bicyclic) bond motifs is 3. The van der Waals surface area contributed by atoms with E-state index in [-0.39, 0.29) is 40.7 Å². The fourth-order valence-corrected chi connectivity index (χ4v) is 4.83. The summed E-state index contributed by atoms with van der Waals surface area (Å²) in [5.74, 6) is -1.13. The SMILES string of the molecule is CCN1CC(c2ccccc2)n2c3c(c(O)c2C1=O)C(=O)N(Cc1ccc(F)cc1)CC3. The topological polar surface area (TPSA) is 65.8 Å². The van der Waals surface area contributed by atoms with E-state index < -0.39 is 0 Å². The molecule has 2 aliphatic rings. The molecule has 0 saturated carbocycles. The van der Waals surface area contributed by atoms with Crippen LogP contribution in [0.1, 0.15) is 50.6 Å². The zero-order chi connectivity index (χ0) is 22.4. The van der Waals surface area contributed by atoms with E-state index >= 15 is 0 Å². The second kappa shape index (κ2) is 7.82. The van der Waals surface area contributed by atoms with Crippen molar-refractivity contribution in [1.29, 1.82) is 0 Å². The van der Waals surface area contributed by atoms with E-state index in [0.29, 0.717) is 38.3 Å². The van der Waals surface area contributed by atoms with Gasteiger partial charge in [-0.05, 0) is 30.2 Å². The van der Waals surface area contributed by atoms with Gasteiger partial charge < -0.3 is 19.5 Å². The monoisotopic (exact) mass is 433 g/mol. The number of halogens is 1. The van der Waals surface area contributed by atoms with Crippen LogP contribution in [0.3, 0.4) is 0 Å². The Morgan fingerprint density at radius 3 is 2.41 bits per heavy atom. The first-order valence-corrected chi connectivity index (χ1v) is 10.8. The highest BCUT2D eigenvalue weighted by molar-refractivity contribution is 6.06. The Labute approximate surface area is 185 Å². The first kappa shape index (κ1) is 20.3. The molecule has 5 rings (SSSR count). The summed E-state index contributed by atoms with van der Waals surface area (Å²) in [6, 6.07) is 15.7. The Balaban J connectivity index is 1.58. The molecule has 0 radical (unpaired) electrons. The summed E-state index contributed by atoms with van der Waals surface area (Å²) in [6.45, 7) is 3.68. The van der Waals surface area contributed by atoms with Crippen LogP contribution in [0.5, 0.6) is 5.75 Å². The molecule has 0 aliphatic carbocycles. The van der Waals surface area contributed by atoms with Crippen LogP contribution >= 0.6 is 0 Å². The molecule has 1 unspecified atom stereocenters. The van der Waals surface area contributed by atoms with Crippen LogP contribution in [0.2, 0.25) is 0 Å². The number of likely N-dealkylation sites (N-methyl/N-ethyl adjacent to an activating group) is 1. The summed E-state index contributed by atoms with van der Waals surface area (Å²) in [5, 5.41) is 11.1. The van der Waals surface area contributed by atoms with Crippen molar-refractivity contribution in [3.05, 3.63) is 88.5 Å². The number of rotatable bonds is 4. The molecule has 6 nitrogen and oxygen atoms in total. The van der Waals surface area contributed by atoms with Crippen LogP contribution < -0.4 is 0 Å². The van der Waals surface area contributed by atoms with Crippen LogP contribution in [0.4, 0.5) is 4.39 Å². The van der Waals surface area contributed by atoms with Gasteiger partial charge in [0.05, 0.1) is 6.04 Å². The molecular formula is C25H24FN3O3. The van der Waals surface area contributed by atoms with Crippen molar-refractivity contribution in [2.75, 3.05) is 19.6 Å². The number of hydrogen-bond donors (Lipinski definition) is 1. The predicted octanol–water partition coefficient (Wildman–Crippen LogP) is 3.60. The summed E-state index contributed by atoms with van der Waals surface area (Å²) >= 11 is 0. The fourth-order valence-electron chi connectivity index (χ4n) is 4.83. The van der Waals surface area contributed by atoms with Crippen molar-refractivity contribution in [2.45, 2.75) is 25.9 Å². The van der Waals surface area contributed by atoms with E-state index in [1.54, 1.807) is 21.9 Å². The molecule has 2 aliphatic heterocycles. The van der Waals surface area contributed by atoms with E-state index in [1.807, 2.05) is 41.8 Å². The van der Waals surface area contributed by atoms with Crippen molar-refractivity contribution in [1.82, 2.24) is 14.4 Å². The molecule has 2 aromatic carbocycles. The van der Waals surface area contributed by atoms with Gasteiger partial charge >= 0.3 is 0 Å². The minimum Gasteiger partial charge on any atom is -0.505 e. The average Bonchev–Trinajstić information content (AvgIpc) is 3.11. The molecule has 32 heavy (non-hydrogen) atoms. The molecule has 0 fully saturated rings. The Hall–Kier alpha value is -3.61. The molecule has 0 saturated heterocycles. The van der Waals surface area contributed by atoms with Gasteiger partial charge in [0, 0.05) is 38.3 Å². The maximum absolute atomic E-state index is 13.4. The number of benzene rings is 2. The van der Waals surface area contributed by atoms with Crippen LogP contribution in [0.25, 0.3) is 0 Å².